The van der Waals surface area contributed by atoms with E-state index in [2.05, 4.69) is 10.4 Å². The summed E-state index contributed by atoms with van der Waals surface area (Å²) >= 11 is 0. The number of hydrogen-bond acceptors (Lipinski definition) is 4. The van der Waals surface area contributed by atoms with Crippen LogP contribution in [0, 0.1) is 0 Å². The highest BCUT2D eigenvalue weighted by Gasteiger charge is 2.02. The molecule has 0 saturated heterocycles. The number of nitrogens with one attached hydrogen (secondary N) is 1. The fourth-order valence-electron chi connectivity index (χ4n) is 0.931. The SMILES string of the molecule is Cn1cc(NC(=O)COCCN)cn1. The van der Waals surface area contributed by atoms with Crippen molar-refractivity contribution in [3.05, 3.63) is 12.4 Å². The number of aromatic nitrogens is 2. The molecule has 1 amide bonds. The summed E-state index contributed by atoms with van der Waals surface area (Å²) in [5.74, 6) is -0.202. The third-order valence-electron chi connectivity index (χ3n) is 1.48. The minimum absolute atomic E-state index is 0.0199. The van der Waals surface area contributed by atoms with Crippen LogP contribution in [0.5, 0.6) is 0 Å². The van der Waals surface area contributed by atoms with Crippen LogP contribution in [0.3, 0.4) is 0 Å². The Morgan fingerprint density at radius 2 is 2.57 bits per heavy atom. The Hall–Kier alpha value is -1.40. The van der Waals surface area contributed by atoms with E-state index in [-0.39, 0.29) is 12.5 Å². The predicted octanol–water partition coefficient (Wildman–Crippen LogP) is -0.666. The van der Waals surface area contributed by atoms with E-state index >= 15 is 0 Å². The number of aryl methyl sites for hydroxylation is 1. The first-order chi connectivity index (χ1) is 6.72. The summed E-state index contributed by atoms with van der Waals surface area (Å²) < 4.78 is 6.57. The van der Waals surface area contributed by atoms with Crippen molar-refractivity contribution in [2.24, 2.45) is 12.8 Å². The molecular formula is C8H14N4O2. The summed E-state index contributed by atoms with van der Waals surface area (Å²) in [6.45, 7) is 0.826. The molecule has 0 bridgehead atoms. The van der Waals surface area contributed by atoms with Gasteiger partial charge in [0.1, 0.15) is 6.61 Å². The smallest absolute Gasteiger partial charge is 0.250 e. The summed E-state index contributed by atoms with van der Waals surface area (Å²) in [7, 11) is 1.78. The van der Waals surface area contributed by atoms with Gasteiger partial charge in [0.25, 0.3) is 0 Å². The van der Waals surface area contributed by atoms with Crippen molar-refractivity contribution in [2.45, 2.75) is 0 Å². The maximum Gasteiger partial charge on any atom is 0.250 e. The zero-order valence-corrected chi connectivity index (χ0v) is 8.06. The van der Waals surface area contributed by atoms with Crippen LogP contribution in [0.25, 0.3) is 0 Å². The number of carbonyl (C=O) groups is 1. The molecule has 0 radical (unpaired) electrons. The molecule has 0 aliphatic rings. The Balaban J connectivity index is 2.27. The first-order valence-corrected chi connectivity index (χ1v) is 4.28. The van der Waals surface area contributed by atoms with E-state index in [9.17, 15) is 4.79 Å². The van der Waals surface area contributed by atoms with E-state index in [1.807, 2.05) is 0 Å². The van der Waals surface area contributed by atoms with Crippen molar-refractivity contribution >= 4 is 11.6 Å². The maximum atomic E-state index is 11.2. The Bertz CT molecular complexity index is 297. The van der Waals surface area contributed by atoms with E-state index in [0.29, 0.717) is 18.8 Å². The van der Waals surface area contributed by atoms with Crippen LogP contribution in [0.2, 0.25) is 0 Å². The second-order valence-corrected chi connectivity index (χ2v) is 2.79. The van der Waals surface area contributed by atoms with Crippen molar-refractivity contribution < 1.29 is 9.53 Å². The van der Waals surface area contributed by atoms with Crippen molar-refractivity contribution in [3.8, 4) is 0 Å². The van der Waals surface area contributed by atoms with Gasteiger partial charge in [-0.3, -0.25) is 9.48 Å². The van der Waals surface area contributed by atoms with Gasteiger partial charge in [0, 0.05) is 19.8 Å². The largest absolute Gasteiger partial charge is 0.370 e. The van der Waals surface area contributed by atoms with E-state index < -0.39 is 0 Å². The van der Waals surface area contributed by atoms with Gasteiger partial charge in [-0.05, 0) is 0 Å². The first kappa shape index (κ1) is 10.7. The number of nitrogens with two attached hydrogens (primary N) is 1. The second-order valence-electron chi connectivity index (χ2n) is 2.79. The van der Waals surface area contributed by atoms with Gasteiger partial charge in [0.15, 0.2) is 0 Å². The van der Waals surface area contributed by atoms with Crippen molar-refractivity contribution in [1.82, 2.24) is 9.78 Å². The number of carbonyl (C=O) groups excluding carboxylic acids is 1. The average Bonchev–Trinajstić information content (AvgIpc) is 2.52. The fraction of sp³-hybridized carbons (Fsp3) is 0.500. The van der Waals surface area contributed by atoms with Crippen LogP contribution in [0.15, 0.2) is 12.4 Å². The molecule has 0 unspecified atom stereocenters. The molecule has 0 atom stereocenters. The molecule has 14 heavy (non-hydrogen) atoms. The van der Waals surface area contributed by atoms with E-state index in [0.717, 1.165) is 0 Å². The van der Waals surface area contributed by atoms with E-state index in [4.69, 9.17) is 10.5 Å². The normalized spacial score (nSPS) is 10.1. The molecule has 0 aliphatic heterocycles. The molecule has 0 aliphatic carbocycles. The Morgan fingerprint density at radius 3 is 3.14 bits per heavy atom. The minimum Gasteiger partial charge on any atom is -0.370 e. The zero-order chi connectivity index (χ0) is 10.4. The van der Waals surface area contributed by atoms with Gasteiger partial charge in [-0.1, -0.05) is 0 Å². The highest BCUT2D eigenvalue weighted by atomic mass is 16.5. The van der Waals surface area contributed by atoms with Crippen LogP contribution < -0.4 is 11.1 Å². The number of rotatable bonds is 5. The van der Waals surface area contributed by atoms with Gasteiger partial charge in [-0.15, -0.1) is 0 Å². The molecule has 78 valence electrons. The second kappa shape index (κ2) is 5.36. The van der Waals surface area contributed by atoms with E-state index in [1.165, 1.54) is 0 Å². The summed E-state index contributed by atoms with van der Waals surface area (Å²) in [4.78, 5) is 11.2. The molecule has 0 saturated carbocycles. The molecular weight excluding hydrogens is 184 g/mol. The molecule has 6 heteroatoms. The fourth-order valence-corrected chi connectivity index (χ4v) is 0.931. The zero-order valence-electron chi connectivity index (χ0n) is 8.06. The summed E-state index contributed by atoms with van der Waals surface area (Å²) in [6, 6.07) is 0. The van der Waals surface area contributed by atoms with Gasteiger partial charge >= 0.3 is 0 Å². The highest BCUT2D eigenvalue weighted by molar-refractivity contribution is 5.91. The van der Waals surface area contributed by atoms with Gasteiger partial charge in [-0.2, -0.15) is 5.10 Å². The molecule has 1 aromatic heterocycles. The number of amides is 1. The molecule has 1 heterocycles. The summed E-state index contributed by atoms with van der Waals surface area (Å²) in [5.41, 5.74) is 5.86. The third kappa shape index (κ3) is 3.55. The molecule has 6 nitrogen and oxygen atoms in total. The monoisotopic (exact) mass is 198 g/mol. The summed E-state index contributed by atoms with van der Waals surface area (Å²) in [6.07, 6.45) is 3.28. The number of hydrogen-bond donors (Lipinski definition) is 2. The average molecular weight is 198 g/mol. The van der Waals surface area contributed by atoms with Crippen LogP contribution >= 0.6 is 0 Å². The van der Waals surface area contributed by atoms with Gasteiger partial charge in [0.2, 0.25) is 5.91 Å². The summed E-state index contributed by atoms with van der Waals surface area (Å²) in [5, 5.41) is 6.54. The third-order valence-corrected chi connectivity index (χ3v) is 1.48. The highest BCUT2D eigenvalue weighted by Crippen LogP contribution is 2.02. The molecule has 0 aromatic carbocycles. The first-order valence-electron chi connectivity index (χ1n) is 4.28. The lowest BCUT2D eigenvalue weighted by Crippen LogP contribution is -2.20. The van der Waals surface area contributed by atoms with Crippen LogP contribution in [-0.2, 0) is 16.6 Å². The predicted molar refractivity (Wildman–Crippen MR) is 51.7 cm³/mol. The standard InChI is InChI=1S/C8H14N4O2/c1-12-5-7(4-10-12)11-8(13)6-14-3-2-9/h4-5H,2-3,6,9H2,1H3,(H,11,13). The van der Waals surface area contributed by atoms with Crippen molar-refractivity contribution in [3.63, 3.8) is 0 Å². The Labute approximate surface area is 82.0 Å². The van der Waals surface area contributed by atoms with Gasteiger partial charge < -0.3 is 15.8 Å². The number of nitrogens with zero attached hydrogens (tertiary/aromatic N) is 2. The Morgan fingerprint density at radius 1 is 1.79 bits per heavy atom. The molecule has 0 fully saturated rings. The quantitative estimate of drug-likeness (QED) is 0.615. The van der Waals surface area contributed by atoms with Gasteiger partial charge in [-0.25, -0.2) is 0 Å². The maximum absolute atomic E-state index is 11.2. The number of anilines is 1. The molecule has 1 rings (SSSR count). The minimum atomic E-state index is -0.202. The molecule has 3 N–H and O–H groups in total. The van der Waals surface area contributed by atoms with Gasteiger partial charge in [0.05, 0.1) is 18.5 Å². The topological polar surface area (TPSA) is 82.2 Å². The lowest BCUT2D eigenvalue weighted by atomic mass is 10.5. The Kier molecular flexibility index (Phi) is 4.09. The molecule has 0 spiro atoms. The molecule has 1 aromatic rings. The van der Waals surface area contributed by atoms with Crippen molar-refractivity contribution in [2.75, 3.05) is 25.1 Å². The number of ether oxygens (including phenoxy) is 1. The van der Waals surface area contributed by atoms with Crippen LogP contribution in [0.1, 0.15) is 0 Å². The van der Waals surface area contributed by atoms with Crippen LogP contribution in [0.4, 0.5) is 5.69 Å². The van der Waals surface area contributed by atoms with Crippen LogP contribution in [-0.4, -0.2) is 35.4 Å². The lowest BCUT2D eigenvalue weighted by molar-refractivity contribution is -0.120. The van der Waals surface area contributed by atoms with Crippen molar-refractivity contribution in [1.29, 1.82) is 0 Å². The van der Waals surface area contributed by atoms with E-state index in [1.54, 1.807) is 24.1 Å². The lowest BCUT2D eigenvalue weighted by Gasteiger charge is -2.02.